The van der Waals surface area contributed by atoms with Gasteiger partial charge < -0.3 is 24.4 Å². The summed E-state index contributed by atoms with van der Waals surface area (Å²) in [7, 11) is 1.48. The van der Waals surface area contributed by atoms with E-state index in [1.54, 1.807) is 30.3 Å². The number of methoxy groups -OCH3 is 1. The fourth-order valence-electron chi connectivity index (χ4n) is 3.02. The summed E-state index contributed by atoms with van der Waals surface area (Å²) >= 11 is 6.12. The van der Waals surface area contributed by atoms with E-state index in [4.69, 9.17) is 25.8 Å². The molecule has 1 heterocycles. The van der Waals surface area contributed by atoms with Crippen LogP contribution in [0.3, 0.4) is 0 Å². The molecule has 0 aliphatic carbocycles. The number of hydrogen-bond donors (Lipinski definition) is 1. The van der Waals surface area contributed by atoms with Gasteiger partial charge in [-0.25, -0.2) is 0 Å². The van der Waals surface area contributed by atoms with Gasteiger partial charge in [0, 0.05) is 23.7 Å². The predicted octanol–water partition coefficient (Wildman–Crippen LogP) is 3.41. The summed E-state index contributed by atoms with van der Waals surface area (Å²) in [5.74, 6) is 0.359. The van der Waals surface area contributed by atoms with Gasteiger partial charge in [-0.1, -0.05) is 11.6 Å². The van der Waals surface area contributed by atoms with E-state index in [2.05, 4.69) is 10.2 Å². The molecule has 0 spiro atoms. The molecule has 0 bridgehead atoms. The molecular weight excluding hydrogens is 396 g/mol. The van der Waals surface area contributed by atoms with Crippen molar-refractivity contribution in [2.24, 2.45) is 0 Å². The predicted molar refractivity (Wildman–Crippen MR) is 112 cm³/mol. The Kier molecular flexibility index (Phi) is 6.95. The van der Waals surface area contributed by atoms with E-state index in [0.717, 1.165) is 18.8 Å². The second-order valence-electron chi connectivity index (χ2n) is 6.52. The minimum Gasteiger partial charge on any atom is -0.493 e. The zero-order valence-electron chi connectivity index (χ0n) is 16.4. The third kappa shape index (κ3) is 5.40. The lowest BCUT2D eigenvalue weighted by molar-refractivity contribution is -0.118. The number of benzene rings is 2. The van der Waals surface area contributed by atoms with E-state index < -0.39 is 0 Å². The van der Waals surface area contributed by atoms with Gasteiger partial charge in [-0.2, -0.15) is 0 Å². The van der Waals surface area contributed by atoms with Gasteiger partial charge in [0.25, 0.3) is 5.91 Å². The summed E-state index contributed by atoms with van der Waals surface area (Å²) in [4.78, 5) is 26.1. The van der Waals surface area contributed by atoms with Crippen LogP contribution in [0.5, 0.6) is 11.5 Å². The second-order valence-corrected chi connectivity index (χ2v) is 6.96. The number of carbonyl (C=O) groups excluding carboxylic acids is 2. The largest absolute Gasteiger partial charge is 0.493 e. The molecule has 0 unspecified atom stereocenters. The first-order chi connectivity index (χ1) is 14.0. The fourth-order valence-corrected chi connectivity index (χ4v) is 3.20. The zero-order chi connectivity index (χ0) is 20.8. The normalized spacial score (nSPS) is 13.7. The van der Waals surface area contributed by atoms with Crippen LogP contribution in [0.1, 0.15) is 17.3 Å². The third-order valence-electron chi connectivity index (χ3n) is 4.51. The van der Waals surface area contributed by atoms with E-state index in [-0.39, 0.29) is 18.3 Å². The van der Waals surface area contributed by atoms with Gasteiger partial charge in [0.2, 0.25) is 0 Å². The molecule has 0 atom stereocenters. The van der Waals surface area contributed by atoms with Crippen LogP contribution in [0.4, 0.5) is 11.4 Å². The molecular formula is C21H23ClN2O5. The van der Waals surface area contributed by atoms with E-state index in [1.165, 1.54) is 14.0 Å². The van der Waals surface area contributed by atoms with Crippen molar-refractivity contribution < 1.29 is 23.8 Å². The smallest absolute Gasteiger partial charge is 0.262 e. The molecule has 3 rings (SSSR count). The Bertz CT molecular complexity index is 897. The zero-order valence-corrected chi connectivity index (χ0v) is 17.1. The number of nitrogens with one attached hydrogen (secondary N) is 1. The number of carbonyl (C=O) groups is 2. The number of hydrogen-bond acceptors (Lipinski definition) is 6. The summed E-state index contributed by atoms with van der Waals surface area (Å²) in [6.45, 7) is 4.00. The minimum absolute atomic E-state index is 0.0795. The van der Waals surface area contributed by atoms with E-state index in [0.29, 0.717) is 41.0 Å². The number of halogens is 1. The van der Waals surface area contributed by atoms with Crippen molar-refractivity contribution in [1.82, 2.24) is 0 Å². The number of anilines is 2. The first kappa shape index (κ1) is 21.0. The molecule has 0 saturated carbocycles. The Labute approximate surface area is 174 Å². The number of morpholine rings is 1. The monoisotopic (exact) mass is 418 g/mol. The third-order valence-corrected chi connectivity index (χ3v) is 4.75. The highest BCUT2D eigenvalue weighted by Crippen LogP contribution is 2.31. The van der Waals surface area contributed by atoms with Crippen molar-refractivity contribution in [2.45, 2.75) is 6.92 Å². The molecule has 1 aliphatic heterocycles. The van der Waals surface area contributed by atoms with Crippen LogP contribution in [-0.2, 0) is 9.53 Å². The molecule has 2 aromatic rings. The van der Waals surface area contributed by atoms with Gasteiger partial charge in [0.15, 0.2) is 23.9 Å². The molecule has 1 fully saturated rings. The SMILES string of the molecule is COc1cc(C(C)=O)ccc1OCC(=O)Nc1cc(Cl)ccc1N1CCOCC1. The van der Waals surface area contributed by atoms with E-state index in [1.807, 2.05) is 6.07 Å². The number of nitrogens with zero attached hydrogens (tertiary/aromatic N) is 1. The minimum atomic E-state index is -0.334. The van der Waals surface area contributed by atoms with Gasteiger partial charge >= 0.3 is 0 Å². The molecule has 1 saturated heterocycles. The summed E-state index contributed by atoms with van der Waals surface area (Å²) in [6.07, 6.45) is 0. The number of ketones is 1. The summed E-state index contributed by atoms with van der Waals surface area (Å²) in [5, 5.41) is 3.39. The van der Waals surface area contributed by atoms with Crippen LogP contribution in [0.25, 0.3) is 0 Å². The number of amides is 1. The highest BCUT2D eigenvalue weighted by molar-refractivity contribution is 6.31. The van der Waals surface area contributed by atoms with Crippen molar-refractivity contribution in [1.29, 1.82) is 0 Å². The Hall–Kier alpha value is -2.77. The van der Waals surface area contributed by atoms with Gasteiger partial charge in [0.1, 0.15) is 0 Å². The summed E-state index contributed by atoms with van der Waals surface area (Å²) in [6, 6.07) is 10.2. The molecule has 2 aromatic carbocycles. The average molecular weight is 419 g/mol. The average Bonchev–Trinajstić information content (AvgIpc) is 2.72. The lowest BCUT2D eigenvalue weighted by Gasteiger charge is -2.30. The van der Waals surface area contributed by atoms with E-state index in [9.17, 15) is 9.59 Å². The molecule has 7 nitrogen and oxygen atoms in total. The highest BCUT2D eigenvalue weighted by Gasteiger charge is 2.17. The first-order valence-corrected chi connectivity index (χ1v) is 9.59. The second kappa shape index (κ2) is 9.62. The molecule has 154 valence electrons. The summed E-state index contributed by atoms with van der Waals surface area (Å²) in [5.41, 5.74) is 2.01. The van der Waals surface area contributed by atoms with E-state index >= 15 is 0 Å². The Morgan fingerprint density at radius 2 is 1.90 bits per heavy atom. The number of ether oxygens (including phenoxy) is 3. The van der Waals surface area contributed by atoms with Gasteiger partial charge in [-0.3, -0.25) is 9.59 Å². The lowest BCUT2D eigenvalue weighted by Crippen LogP contribution is -2.37. The van der Waals surface area contributed by atoms with Crippen LogP contribution < -0.4 is 19.7 Å². The topological polar surface area (TPSA) is 77.1 Å². The highest BCUT2D eigenvalue weighted by atomic mass is 35.5. The maximum atomic E-state index is 12.5. The van der Waals surface area contributed by atoms with Crippen LogP contribution in [0.2, 0.25) is 5.02 Å². The molecule has 1 aliphatic rings. The molecule has 8 heteroatoms. The standard InChI is InChI=1S/C21H23ClN2O5/c1-14(25)15-3-6-19(20(11-15)27-2)29-13-21(26)23-17-12-16(22)4-5-18(17)24-7-9-28-10-8-24/h3-6,11-12H,7-10,13H2,1-2H3,(H,23,26). The summed E-state index contributed by atoms with van der Waals surface area (Å²) < 4.78 is 16.2. The molecule has 1 amide bonds. The van der Waals surface area contributed by atoms with Crippen molar-refractivity contribution in [3.8, 4) is 11.5 Å². The number of rotatable bonds is 7. The number of Topliss-reactive ketones (excluding diaryl/α,β-unsaturated/α-hetero) is 1. The van der Waals surface area contributed by atoms with Crippen LogP contribution >= 0.6 is 11.6 Å². The van der Waals surface area contributed by atoms with Crippen LogP contribution in [0, 0.1) is 0 Å². The van der Waals surface area contributed by atoms with Gasteiger partial charge in [-0.05, 0) is 43.3 Å². The van der Waals surface area contributed by atoms with Crippen molar-refractivity contribution in [3.63, 3.8) is 0 Å². The molecule has 29 heavy (non-hydrogen) atoms. The van der Waals surface area contributed by atoms with Crippen molar-refractivity contribution >= 4 is 34.7 Å². The van der Waals surface area contributed by atoms with Crippen LogP contribution in [-0.4, -0.2) is 51.7 Å². The Balaban J connectivity index is 1.68. The first-order valence-electron chi connectivity index (χ1n) is 9.22. The lowest BCUT2D eigenvalue weighted by atomic mass is 10.1. The fraction of sp³-hybridized carbons (Fsp3) is 0.333. The van der Waals surface area contributed by atoms with Gasteiger partial charge in [0.05, 0.1) is 31.7 Å². The quantitative estimate of drug-likeness (QED) is 0.694. The molecule has 0 aromatic heterocycles. The van der Waals surface area contributed by atoms with Crippen molar-refractivity contribution in [3.05, 3.63) is 47.0 Å². The van der Waals surface area contributed by atoms with Gasteiger partial charge in [-0.15, -0.1) is 0 Å². The maximum absolute atomic E-state index is 12.5. The molecule has 0 radical (unpaired) electrons. The maximum Gasteiger partial charge on any atom is 0.262 e. The van der Waals surface area contributed by atoms with Crippen molar-refractivity contribution in [2.75, 3.05) is 50.2 Å². The molecule has 1 N–H and O–H groups in total. The Morgan fingerprint density at radius 1 is 1.14 bits per heavy atom. The van der Waals surface area contributed by atoms with Crippen LogP contribution in [0.15, 0.2) is 36.4 Å². The Morgan fingerprint density at radius 3 is 2.59 bits per heavy atom.